The third-order valence-corrected chi connectivity index (χ3v) is 4.81. The molecule has 0 saturated heterocycles. The van der Waals surface area contributed by atoms with Gasteiger partial charge in [-0.15, -0.1) is 11.3 Å². The van der Waals surface area contributed by atoms with Gasteiger partial charge in [0.15, 0.2) is 0 Å². The lowest BCUT2D eigenvalue weighted by molar-refractivity contribution is -0.0000142. The van der Waals surface area contributed by atoms with Crippen molar-refractivity contribution >= 4 is 39.0 Å². The molecule has 0 saturated carbocycles. The van der Waals surface area contributed by atoms with Gasteiger partial charge in [-0.25, -0.2) is 4.98 Å². The fraction of sp³-hybridized carbons (Fsp3) is 0.118. The smallest absolute Gasteiger partial charge is 0.260 e. The zero-order valence-corrected chi connectivity index (χ0v) is 15.3. The molecule has 2 aromatic heterocycles. The van der Waals surface area contributed by atoms with E-state index >= 15 is 0 Å². The summed E-state index contributed by atoms with van der Waals surface area (Å²) in [5.41, 5.74) is 19.1. The molecule has 9 heteroatoms. The Morgan fingerprint density at radius 3 is 2.50 bits per heavy atom. The highest BCUT2D eigenvalue weighted by Gasteiger charge is 2.23. The number of rotatable bonds is 4. The van der Waals surface area contributed by atoms with E-state index in [1.54, 1.807) is 24.3 Å². The first-order chi connectivity index (χ1) is 12.0. The van der Waals surface area contributed by atoms with Crippen LogP contribution in [0.5, 0.6) is 5.75 Å². The van der Waals surface area contributed by atoms with Gasteiger partial charge in [-0.2, -0.15) is 5.26 Å². The molecule has 0 spiro atoms. The van der Waals surface area contributed by atoms with Gasteiger partial charge in [0.25, 0.3) is 5.91 Å². The molecular weight excluding hydrogens is 374 g/mol. The molecule has 0 aliphatic carbocycles. The van der Waals surface area contributed by atoms with Crippen molar-refractivity contribution in [3.05, 3.63) is 34.7 Å². The molecule has 0 aliphatic rings. The van der Waals surface area contributed by atoms with E-state index in [4.69, 9.17) is 21.9 Å². The van der Waals surface area contributed by atoms with E-state index in [1.807, 2.05) is 6.92 Å². The normalized spacial score (nSPS) is 10.2. The Labute approximate surface area is 159 Å². The summed E-state index contributed by atoms with van der Waals surface area (Å²) in [6.07, 6.45) is 0. The Balaban J connectivity index is 0.00000243. The lowest BCUT2D eigenvalue weighted by atomic mass is 9.97. The van der Waals surface area contributed by atoms with E-state index < -0.39 is 5.91 Å². The van der Waals surface area contributed by atoms with Crippen LogP contribution in [0.25, 0.3) is 21.3 Å². The van der Waals surface area contributed by atoms with E-state index in [1.165, 1.54) is 0 Å². The number of anilines is 2. The van der Waals surface area contributed by atoms with Gasteiger partial charge >= 0.3 is 0 Å². The zero-order valence-electron chi connectivity index (χ0n) is 13.7. The van der Waals surface area contributed by atoms with Crippen LogP contribution in [0.15, 0.2) is 24.3 Å². The molecule has 0 bridgehead atoms. The van der Waals surface area contributed by atoms with Gasteiger partial charge < -0.3 is 34.3 Å². The van der Waals surface area contributed by atoms with Gasteiger partial charge in [-0.3, -0.25) is 4.79 Å². The maximum atomic E-state index is 11.6. The molecule has 1 amide bonds. The number of nitrogens with two attached hydrogens (primary N) is 3. The first kappa shape index (κ1) is 19.3. The van der Waals surface area contributed by atoms with Gasteiger partial charge in [-0.1, -0.05) is 12.1 Å². The fourth-order valence-corrected chi connectivity index (χ4v) is 3.60. The van der Waals surface area contributed by atoms with Crippen molar-refractivity contribution in [2.75, 3.05) is 18.1 Å². The van der Waals surface area contributed by atoms with Crippen molar-refractivity contribution in [3.63, 3.8) is 0 Å². The third-order valence-electron chi connectivity index (χ3n) is 3.69. The summed E-state index contributed by atoms with van der Waals surface area (Å²) in [7, 11) is 0. The van der Waals surface area contributed by atoms with E-state index in [0.29, 0.717) is 28.1 Å². The number of carbonyl (C=O) groups excluding carboxylic acids is 1. The molecule has 0 radical (unpaired) electrons. The number of hydrogen-bond donors (Lipinski definition) is 3. The molecule has 0 atom stereocenters. The molecule has 0 unspecified atom stereocenters. The Morgan fingerprint density at radius 2 is 1.96 bits per heavy atom. The molecule has 3 rings (SSSR count). The summed E-state index contributed by atoms with van der Waals surface area (Å²) >= 11 is 1.06. The van der Waals surface area contributed by atoms with E-state index in [0.717, 1.165) is 16.9 Å². The molecule has 2 heterocycles. The number of primary amides is 1. The first-order valence-electron chi connectivity index (χ1n) is 7.42. The number of nitriles is 1. The van der Waals surface area contributed by atoms with Crippen molar-refractivity contribution in [3.8, 4) is 22.9 Å². The summed E-state index contributed by atoms with van der Waals surface area (Å²) in [6.45, 7) is 2.45. The highest BCUT2D eigenvalue weighted by molar-refractivity contribution is 7.21. The summed E-state index contributed by atoms with van der Waals surface area (Å²) in [4.78, 5) is 16.5. The predicted octanol–water partition coefficient (Wildman–Crippen LogP) is -0.499. The van der Waals surface area contributed by atoms with Crippen LogP contribution in [0.1, 0.15) is 22.2 Å². The van der Waals surface area contributed by atoms with Crippen LogP contribution in [0.3, 0.4) is 0 Å². The minimum Gasteiger partial charge on any atom is -1.00 e. The summed E-state index contributed by atoms with van der Waals surface area (Å²) in [5.74, 6) is 0.144. The predicted molar refractivity (Wildman–Crippen MR) is 98.3 cm³/mol. The number of thiophene rings is 1. The molecule has 6 N–H and O–H groups in total. The standard InChI is InChI=1S/C17H15N5O2S.ClH/c1-2-24-9-5-3-8(4-6-9)11-10(7-18)15(20)22-17-12(11)13(19)14(25-17)16(21)23;/h3-6H,2,19H2,1H3,(H2,20,22)(H2,21,23);1H/p-1. The topological polar surface area (TPSA) is 141 Å². The second kappa shape index (κ2) is 7.47. The molecule has 1 aromatic carbocycles. The van der Waals surface area contributed by atoms with Gasteiger partial charge in [0.1, 0.15) is 32.9 Å². The molecular formula is C17H15ClN5O2S-. The minimum atomic E-state index is -0.643. The average Bonchev–Trinajstić information content (AvgIpc) is 2.91. The number of benzene rings is 1. The van der Waals surface area contributed by atoms with E-state index in [-0.39, 0.29) is 34.4 Å². The number of hydrogen-bond acceptors (Lipinski definition) is 7. The molecule has 0 aliphatic heterocycles. The van der Waals surface area contributed by atoms with Crippen molar-refractivity contribution < 1.29 is 21.9 Å². The lowest BCUT2D eigenvalue weighted by Crippen LogP contribution is -3.00. The van der Waals surface area contributed by atoms with Crippen molar-refractivity contribution in [1.29, 1.82) is 5.26 Å². The molecule has 7 nitrogen and oxygen atoms in total. The number of halogens is 1. The second-order valence-electron chi connectivity index (χ2n) is 5.21. The summed E-state index contributed by atoms with van der Waals surface area (Å²) in [6, 6.07) is 9.27. The highest BCUT2D eigenvalue weighted by atomic mass is 35.5. The van der Waals surface area contributed by atoms with Crippen molar-refractivity contribution in [2.45, 2.75) is 6.92 Å². The quantitative estimate of drug-likeness (QED) is 0.550. The summed E-state index contributed by atoms with van der Waals surface area (Å²) < 4.78 is 5.44. The number of amides is 1. The average molecular weight is 389 g/mol. The third kappa shape index (κ3) is 3.10. The number of nitrogens with zero attached hydrogens (tertiary/aromatic N) is 2. The molecule has 0 fully saturated rings. The van der Waals surface area contributed by atoms with Gasteiger partial charge in [0.05, 0.1) is 12.3 Å². The SMILES string of the molecule is CCOc1ccc(-c2c(C#N)c(N)nc3sc(C(N)=O)c(N)c23)cc1.[Cl-]. The van der Waals surface area contributed by atoms with Crippen LogP contribution < -0.4 is 34.3 Å². The number of pyridine rings is 1. The second-order valence-corrected chi connectivity index (χ2v) is 6.20. The van der Waals surface area contributed by atoms with Crippen molar-refractivity contribution in [1.82, 2.24) is 4.98 Å². The molecule has 26 heavy (non-hydrogen) atoms. The minimum absolute atomic E-state index is 0. The zero-order chi connectivity index (χ0) is 18.1. The Morgan fingerprint density at radius 1 is 1.31 bits per heavy atom. The number of carbonyl (C=O) groups is 1. The Kier molecular flexibility index (Phi) is 5.55. The van der Waals surface area contributed by atoms with Crippen LogP contribution in [0.4, 0.5) is 11.5 Å². The lowest BCUT2D eigenvalue weighted by Gasteiger charge is -2.10. The fourth-order valence-electron chi connectivity index (χ4n) is 2.64. The Hall–Kier alpha value is -3.02. The largest absolute Gasteiger partial charge is 1.00 e. The van der Waals surface area contributed by atoms with Gasteiger partial charge in [0, 0.05) is 10.9 Å². The number of nitrogen functional groups attached to an aromatic ring is 2. The highest BCUT2D eigenvalue weighted by Crippen LogP contribution is 2.42. The van der Waals surface area contributed by atoms with E-state index in [2.05, 4.69) is 11.1 Å². The van der Waals surface area contributed by atoms with Crippen LogP contribution in [-0.4, -0.2) is 17.5 Å². The number of fused-ring (bicyclic) bond motifs is 1. The Bertz CT molecular complexity index is 1020. The van der Waals surface area contributed by atoms with Crippen LogP contribution >= 0.6 is 11.3 Å². The first-order valence-corrected chi connectivity index (χ1v) is 8.24. The van der Waals surface area contributed by atoms with Crippen LogP contribution in [0, 0.1) is 11.3 Å². The molecule has 3 aromatic rings. The monoisotopic (exact) mass is 388 g/mol. The summed E-state index contributed by atoms with van der Waals surface area (Å²) in [5, 5.41) is 10.1. The van der Waals surface area contributed by atoms with E-state index in [9.17, 15) is 10.1 Å². The number of aromatic nitrogens is 1. The van der Waals surface area contributed by atoms with Gasteiger partial charge in [0.2, 0.25) is 0 Å². The van der Waals surface area contributed by atoms with Crippen LogP contribution in [0.2, 0.25) is 0 Å². The maximum absolute atomic E-state index is 11.6. The van der Waals surface area contributed by atoms with Crippen molar-refractivity contribution in [2.24, 2.45) is 5.73 Å². The molecule has 134 valence electrons. The number of ether oxygens (including phenoxy) is 1. The van der Waals surface area contributed by atoms with Crippen LogP contribution in [-0.2, 0) is 0 Å². The van der Waals surface area contributed by atoms with Gasteiger partial charge in [-0.05, 0) is 24.6 Å². The maximum Gasteiger partial charge on any atom is 0.260 e.